The molecule has 8 aromatic rings. The van der Waals surface area contributed by atoms with Gasteiger partial charge in [-0.25, -0.2) is 4.98 Å². The molecular weight excluding hydrogens is 496 g/mol. The number of pyridine rings is 1. The van der Waals surface area contributed by atoms with Gasteiger partial charge in [0.2, 0.25) is 0 Å². The molecule has 0 aliphatic heterocycles. The Morgan fingerprint density at radius 2 is 1.38 bits per heavy atom. The van der Waals surface area contributed by atoms with E-state index in [4.69, 9.17) is 4.98 Å². The summed E-state index contributed by atoms with van der Waals surface area (Å²) in [5, 5.41) is 3.49. The van der Waals surface area contributed by atoms with E-state index in [1.807, 2.05) is 24.4 Å². The number of aromatic nitrogens is 4. The smallest absolute Gasteiger partial charge is 0.124 e. The normalized spacial score (nSPS) is 11.6. The van der Waals surface area contributed by atoms with Gasteiger partial charge in [-0.2, -0.15) is 0 Å². The summed E-state index contributed by atoms with van der Waals surface area (Å²) in [6, 6.07) is 40.6. The highest BCUT2D eigenvalue weighted by Gasteiger charge is 2.16. The van der Waals surface area contributed by atoms with E-state index in [2.05, 4.69) is 124 Å². The van der Waals surface area contributed by atoms with Gasteiger partial charge in [0.25, 0.3) is 0 Å². The number of fused-ring (bicyclic) bond motifs is 4. The topological polar surface area (TPSA) is 35.6 Å². The third-order valence-electron chi connectivity index (χ3n) is 7.24. The molecule has 4 nitrogen and oxygen atoms in total. The molecule has 8 rings (SSSR count). The third-order valence-corrected chi connectivity index (χ3v) is 8.32. The quantitative estimate of drug-likeness (QED) is 0.233. The van der Waals surface area contributed by atoms with Crippen molar-refractivity contribution in [2.24, 2.45) is 0 Å². The second-order valence-corrected chi connectivity index (χ2v) is 10.6. The molecule has 0 fully saturated rings. The van der Waals surface area contributed by atoms with E-state index in [0.717, 1.165) is 44.2 Å². The van der Waals surface area contributed by atoms with Crippen LogP contribution in [0.3, 0.4) is 0 Å². The van der Waals surface area contributed by atoms with E-state index >= 15 is 0 Å². The van der Waals surface area contributed by atoms with Crippen LogP contribution in [0.4, 0.5) is 0 Å². The van der Waals surface area contributed by atoms with Gasteiger partial charge < -0.3 is 9.13 Å². The van der Waals surface area contributed by atoms with Gasteiger partial charge >= 0.3 is 0 Å². The maximum atomic E-state index is 4.95. The lowest BCUT2D eigenvalue weighted by molar-refractivity contribution is 1.07. The molecule has 4 heterocycles. The highest BCUT2D eigenvalue weighted by atomic mass is 32.1. The van der Waals surface area contributed by atoms with Gasteiger partial charge in [-0.05, 0) is 66.7 Å². The van der Waals surface area contributed by atoms with Crippen LogP contribution in [0.15, 0.2) is 134 Å². The largest absolute Gasteiger partial charge is 0.324 e. The molecule has 0 N–H and O–H groups in total. The number of hydrogen-bond donors (Lipinski definition) is 0. The van der Waals surface area contributed by atoms with Gasteiger partial charge in [0, 0.05) is 51.9 Å². The molecule has 0 atom stereocenters. The first-order valence-electron chi connectivity index (χ1n) is 12.9. The summed E-state index contributed by atoms with van der Waals surface area (Å²) in [6.45, 7) is 0. The molecule has 39 heavy (non-hydrogen) atoms. The molecule has 0 saturated carbocycles. The summed E-state index contributed by atoms with van der Waals surface area (Å²) in [5.74, 6) is 0. The fraction of sp³-hybridized carbons (Fsp3) is 0. The van der Waals surface area contributed by atoms with Crippen LogP contribution in [0.25, 0.3) is 65.2 Å². The predicted molar refractivity (Wildman–Crippen MR) is 162 cm³/mol. The van der Waals surface area contributed by atoms with E-state index in [-0.39, 0.29) is 0 Å². The predicted octanol–water partition coefficient (Wildman–Crippen LogP) is 8.91. The Hall–Kier alpha value is -5.00. The summed E-state index contributed by atoms with van der Waals surface area (Å²) >= 11 is 1.74. The van der Waals surface area contributed by atoms with Crippen molar-refractivity contribution in [2.45, 2.75) is 0 Å². The van der Waals surface area contributed by atoms with Crippen molar-refractivity contribution in [1.29, 1.82) is 0 Å². The third kappa shape index (κ3) is 3.67. The number of hydrogen-bond acceptors (Lipinski definition) is 3. The van der Waals surface area contributed by atoms with E-state index in [1.165, 1.54) is 21.0 Å². The molecule has 0 aliphatic carbocycles. The summed E-state index contributed by atoms with van der Waals surface area (Å²) in [5.41, 5.74) is 8.70. The van der Waals surface area contributed by atoms with E-state index in [9.17, 15) is 0 Å². The second kappa shape index (κ2) is 8.79. The van der Waals surface area contributed by atoms with Crippen LogP contribution < -0.4 is 0 Å². The lowest BCUT2D eigenvalue weighted by Crippen LogP contribution is -1.99. The van der Waals surface area contributed by atoms with Crippen LogP contribution >= 0.6 is 11.3 Å². The molecule has 184 valence electrons. The Kier molecular flexibility index (Phi) is 4.96. The van der Waals surface area contributed by atoms with Gasteiger partial charge in [-0.1, -0.05) is 48.5 Å². The minimum absolute atomic E-state index is 0.948. The molecule has 0 amide bonds. The molecule has 4 aromatic heterocycles. The molecule has 0 radical (unpaired) electrons. The average molecular weight is 519 g/mol. The summed E-state index contributed by atoms with van der Waals surface area (Å²) in [6.07, 6.45) is 6.01. The van der Waals surface area contributed by atoms with Crippen molar-refractivity contribution in [3.63, 3.8) is 0 Å². The van der Waals surface area contributed by atoms with Gasteiger partial charge in [0.05, 0.1) is 26.9 Å². The molecular formula is C34H22N4S. The van der Waals surface area contributed by atoms with E-state index in [0.29, 0.717) is 0 Å². The zero-order valence-corrected chi connectivity index (χ0v) is 21.7. The first-order chi connectivity index (χ1) is 19.3. The fourth-order valence-electron chi connectivity index (χ4n) is 5.44. The second-order valence-electron chi connectivity index (χ2n) is 9.61. The number of rotatable bonds is 4. The van der Waals surface area contributed by atoms with Crippen molar-refractivity contribution in [3.05, 3.63) is 134 Å². The first kappa shape index (κ1) is 22.0. The lowest BCUT2D eigenvalue weighted by Gasteiger charge is -2.14. The van der Waals surface area contributed by atoms with Crippen LogP contribution in [-0.2, 0) is 0 Å². The monoisotopic (exact) mass is 518 g/mol. The molecule has 5 heteroatoms. The Bertz CT molecular complexity index is 2090. The minimum atomic E-state index is 0.948. The van der Waals surface area contributed by atoms with Crippen molar-refractivity contribution < 1.29 is 0 Å². The zero-order chi connectivity index (χ0) is 25.8. The van der Waals surface area contributed by atoms with Crippen molar-refractivity contribution in [1.82, 2.24) is 19.1 Å². The molecule has 0 aliphatic rings. The molecule has 0 saturated heterocycles. The molecule has 0 unspecified atom stereocenters. The SMILES string of the molecule is c1ccc(-c2cc(-n3cccc3)cc(-n3c4ccccc4c4ccc(-c5nc6ccccc6s5)cc43)c2)nc1. The fourth-order valence-corrected chi connectivity index (χ4v) is 6.40. The minimum Gasteiger partial charge on any atom is -0.324 e. The maximum Gasteiger partial charge on any atom is 0.124 e. The van der Waals surface area contributed by atoms with Crippen LogP contribution in [-0.4, -0.2) is 19.1 Å². The van der Waals surface area contributed by atoms with E-state index < -0.39 is 0 Å². The van der Waals surface area contributed by atoms with Gasteiger partial charge in [-0.15, -0.1) is 11.3 Å². The summed E-state index contributed by atoms with van der Waals surface area (Å²) < 4.78 is 5.73. The van der Waals surface area contributed by atoms with Crippen molar-refractivity contribution >= 4 is 43.4 Å². The van der Waals surface area contributed by atoms with Gasteiger partial charge in [-0.3, -0.25) is 4.98 Å². The standard InChI is InChI=1S/C34H22N4S/c1-3-12-31-27(9-1)28-15-14-23(34-36-30-11-2-4-13-33(30)39-34)21-32(28)38(31)26-20-24(29-10-5-6-16-35-29)19-25(22-26)37-17-7-8-18-37/h1-22H. The van der Waals surface area contributed by atoms with Crippen molar-refractivity contribution in [3.8, 4) is 33.2 Å². The Morgan fingerprint density at radius 1 is 0.590 bits per heavy atom. The summed E-state index contributed by atoms with van der Waals surface area (Å²) in [4.78, 5) is 9.61. The number of para-hydroxylation sites is 2. The molecule has 0 spiro atoms. The Labute approximate surface area is 229 Å². The summed E-state index contributed by atoms with van der Waals surface area (Å²) in [7, 11) is 0. The molecule has 4 aromatic carbocycles. The van der Waals surface area contributed by atoms with Crippen LogP contribution in [0, 0.1) is 0 Å². The Morgan fingerprint density at radius 3 is 2.26 bits per heavy atom. The number of benzene rings is 4. The zero-order valence-electron chi connectivity index (χ0n) is 20.9. The van der Waals surface area contributed by atoms with Gasteiger partial charge in [0.15, 0.2) is 0 Å². The van der Waals surface area contributed by atoms with E-state index in [1.54, 1.807) is 11.3 Å². The lowest BCUT2D eigenvalue weighted by atomic mass is 10.1. The van der Waals surface area contributed by atoms with Crippen LogP contribution in [0.2, 0.25) is 0 Å². The van der Waals surface area contributed by atoms with Crippen LogP contribution in [0.1, 0.15) is 0 Å². The highest BCUT2D eigenvalue weighted by Crippen LogP contribution is 2.38. The number of thiazole rings is 1. The average Bonchev–Trinajstić information content (AvgIpc) is 3.75. The number of nitrogens with zero attached hydrogens (tertiary/aromatic N) is 4. The van der Waals surface area contributed by atoms with Crippen LogP contribution in [0.5, 0.6) is 0 Å². The van der Waals surface area contributed by atoms with Crippen molar-refractivity contribution in [2.75, 3.05) is 0 Å². The Balaban J connectivity index is 1.41. The molecule has 0 bridgehead atoms. The first-order valence-corrected chi connectivity index (χ1v) is 13.7. The maximum absolute atomic E-state index is 4.95. The van der Waals surface area contributed by atoms with Gasteiger partial charge in [0.1, 0.15) is 5.01 Å². The highest BCUT2D eigenvalue weighted by molar-refractivity contribution is 7.21.